The van der Waals surface area contributed by atoms with Gasteiger partial charge in [0.2, 0.25) is 6.41 Å². The van der Waals surface area contributed by atoms with E-state index in [1.54, 1.807) is 0 Å². The highest BCUT2D eigenvalue weighted by molar-refractivity contribution is 5.49. The van der Waals surface area contributed by atoms with Gasteiger partial charge in [-0.2, -0.15) is 0 Å². The number of carbonyl (C=O) groups is 1. The Morgan fingerprint density at radius 3 is 2.45 bits per heavy atom. The van der Waals surface area contributed by atoms with Crippen LogP contribution in [0.5, 0.6) is 0 Å². The second-order valence-electron chi connectivity index (χ2n) is 6.37. The van der Waals surface area contributed by atoms with Crippen LogP contribution < -0.4 is 0 Å². The number of rotatable bonds is 4. The second-order valence-corrected chi connectivity index (χ2v) is 6.37. The minimum Gasteiger partial charge on any atom is -0.345 e. The van der Waals surface area contributed by atoms with Crippen molar-refractivity contribution in [2.24, 2.45) is 11.8 Å². The van der Waals surface area contributed by atoms with Crippen LogP contribution in [0.2, 0.25) is 0 Å². The third-order valence-corrected chi connectivity index (χ3v) is 5.12. The number of hydrogen-bond acceptors (Lipinski definition) is 3. The minimum atomic E-state index is 0.447. The van der Waals surface area contributed by atoms with Crippen molar-refractivity contribution >= 4 is 6.41 Å². The van der Waals surface area contributed by atoms with Gasteiger partial charge in [0.05, 0.1) is 0 Å². The van der Waals surface area contributed by atoms with Crippen molar-refractivity contribution in [2.75, 3.05) is 13.1 Å². The van der Waals surface area contributed by atoms with Crippen LogP contribution in [0, 0.1) is 18.8 Å². The molecule has 1 aliphatic carbocycles. The lowest BCUT2D eigenvalue weighted by Crippen LogP contribution is -2.22. The van der Waals surface area contributed by atoms with Gasteiger partial charge in [0.25, 0.3) is 0 Å². The summed E-state index contributed by atoms with van der Waals surface area (Å²) in [6.45, 7) is 5.88. The highest BCUT2D eigenvalue weighted by atomic mass is 16.1. The van der Waals surface area contributed by atoms with Crippen LogP contribution in [-0.2, 0) is 11.2 Å². The number of benzene rings is 1. The van der Waals surface area contributed by atoms with Crippen LogP contribution in [0.3, 0.4) is 0 Å². The number of fused-ring (bicyclic) bond motifs is 1. The standard InChI is InChI=1S/C17H20N4O/c1-3-12-4-6-13(7-5-12)21-11(2)18-19-17(21)16-14-8-20(10-22)9-15(14)16/h4-7,10,14-16H,3,8-9H2,1-2H3. The van der Waals surface area contributed by atoms with Gasteiger partial charge in [-0.1, -0.05) is 19.1 Å². The summed E-state index contributed by atoms with van der Waals surface area (Å²) in [4.78, 5) is 12.7. The van der Waals surface area contributed by atoms with Crippen molar-refractivity contribution in [3.05, 3.63) is 41.5 Å². The first kappa shape index (κ1) is 13.5. The van der Waals surface area contributed by atoms with Crippen LogP contribution in [-0.4, -0.2) is 39.2 Å². The van der Waals surface area contributed by atoms with Crippen LogP contribution in [0.15, 0.2) is 24.3 Å². The molecule has 2 fully saturated rings. The summed E-state index contributed by atoms with van der Waals surface area (Å²) in [7, 11) is 0. The van der Waals surface area contributed by atoms with Crippen LogP contribution in [0.1, 0.15) is 30.1 Å². The Bertz CT molecular complexity index is 694. The molecular weight excluding hydrogens is 276 g/mol. The van der Waals surface area contributed by atoms with E-state index in [-0.39, 0.29) is 0 Å². The van der Waals surface area contributed by atoms with Gasteiger partial charge in [-0.05, 0) is 42.9 Å². The Kier molecular flexibility index (Phi) is 3.03. The van der Waals surface area contributed by atoms with Crippen LogP contribution >= 0.6 is 0 Å². The zero-order chi connectivity index (χ0) is 15.3. The average Bonchev–Trinajstić information content (AvgIpc) is 2.89. The number of nitrogens with zero attached hydrogens (tertiary/aromatic N) is 4. The lowest BCUT2D eigenvalue weighted by molar-refractivity contribution is -0.117. The Morgan fingerprint density at radius 2 is 1.86 bits per heavy atom. The molecule has 5 heteroatoms. The van der Waals surface area contributed by atoms with Gasteiger partial charge in [-0.3, -0.25) is 9.36 Å². The molecular formula is C17H20N4O. The topological polar surface area (TPSA) is 51.0 Å². The normalized spacial score (nSPS) is 26.1. The fourth-order valence-electron chi connectivity index (χ4n) is 3.82. The number of piperidine rings is 1. The summed E-state index contributed by atoms with van der Waals surface area (Å²) in [5.74, 6) is 3.55. The van der Waals surface area contributed by atoms with Gasteiger partial charge in [0.1, 0.15) is 11.6 Å². The first-order valence-corrected chi connectivity index (χ1v) is 7.93. The third kappa shape index (κ3) is 1.95. The van der Waals surface area contributed by atoms with Crippen molar-refractivity contribution in [1.29, 1.82) is 0 Å². The second kappa shape index (κ2) is 4.93. The number of carbonyl (C=O) groups excluding carboxylic acids is 1. The molecule has 1 aliphatic heterocycles. The fourth-order valence-corrected chi connectivity index (χ4v) is 3.82. The summed E-state index contributed by atoms with van der Waals surface area (Å²) in [6, 6.07) is 8.63. The molecule has 0 radical (unpaired) electrons. The van der Waals surface area contributed by atoms with Crippen LogP contribution in [0.25, 0.3) is 5.69 Å². The molecule has 0 spiro atoms. The molecule has 2 unspecified atom stereocenters. The molecule has 1 aromatic carbocycles. The molecule has 2 heterocycles. The molecule has 2 aromatic rings. The molecule has 4 rings (SSSR count). The Labute approximate surface area is 130 Å². The highest BCUT2D eigenvalue weighted by Gasteiger charge is 2.58. The van der Waals surface area contributed by atoms with E-state index in [0.29, 0.717) is 17.8 Å². The molecule has 2 atom stereocenters. The summed E-state index contributed by atoms with van der Waals surface area (Å²) in [6.07, 6.45) is 2.01. The highest BCUT2D eigenvalue weighted by Crippen LogP contribution is 2.57. The van der Waals surface area contributed by atoms with E-state index < -0.39 is 0 Å². The quantitative estimate of drug-likeness (QED) is 0.810. The molecule has 1 aromatic heterocycles. The van der Waals surface area contributed by atoms with Crippen molar-refractivity contribution in [3.63, 3.8) is 0 Å². The fraction of sp³-hybridized carbons (Fsp3) is 0.471. The largest absolute Gasteiger partial charge is 0.345 e. The van der Waals surface area contributed by atoms with E-state index in [4.69, 9.17) is 0 Å². The number of likely N-dealkylation sites (tertiary alicyclic amines) is 1. The maximum atomic E-state index is 10.9. The van der Waals surface area contributed by atoms with Crippen molar-refractivity contribution < 1.29 is 4.79 Å². The molecule has 22 heavy (non-hydrogen) atoms. The Morgan fingerprint density at radius 1 is 1.18 bits per heavy atom. The average molecular weight is 296 g/mol. The first-order valence-electron chi connectivity index (χ1n) is 7.93. The van der Waals surface area contributed by atoms with Gasteiger partial charge in [-0.15, -0.1) is 10.2 Å². The number of aromatic nitrogens is 3. The maximum Gasteiger partial charge on any atom is 0.209 e. The Balaban J connectivity index is 1.64. The van der Waals surface area contributed by atoms with E-state index in [1.165, 1.54) is 5.56 Å². The van der Waals surface area contributed by atoms with Gasteiger partial charge < -0.3 is 4.90 Å². The minimum absolute atomic E-state index is 0.447. The lowest BCUT2D eigenvalue weighted by atomic mass is 10.1. The van der Waals surface area contributed by atoms with Gasteiger partial charge in [0, 0.05) is 24.7 Å². The van der Waals surface area contributed by atoms with E-state index in [0.717, 1.165) is 43.3 Å². The number of hydrogen-bond donors (Lipinski definition) is 0. The zero-order valence-electron chi connectivity index (χ0n) is 12.9. The maximum absolute atomic E-state index is 10.9. The van der Waals surface area contributed by atoms with Crippen molar-refractivity contribution in [2.45, 2.75) is 26.2 Å². The van der Waals surface area contributed by atoms with E-state index in [9.17, 15) is 4.79 Å². The third-order valence-electron chi connectivity index (χ3n) is 5.12. The predicted molar refractivity (Wildman–Crippen MR) is 82.8 cm³/mol. The van der Waals surface area contributed by atoms with E-state index in [1.807, 2.05) is 11.8 Å². The smallest absolute Gasteiger partial charge is 0.209 e. The molecule has 5 nitrogen and oxygen atoms in total. The van der Waals surface area contributed by atoms with Gasteiger partial charge in [0.15, 0.2) is 0 Å². The monoisotopic (exact) mass is 296 g/mol. The molecule has 2 aliphatic rings. The summed E-state index contributed by atoms with van der Waals surface area (Å²) >= 11 is 0. The van der Waals surface area contributed by atoms with Crippen molar-refractivity contribution in [1.82, 2.24) is 19.7 Å². The lowest BCUT2D eigenvalue weighted by Gasteiger charge is -2.15. The molecule has 0 bridgehead atoms. The van der Waals surface area contributed by atoms with Gasteiger partial charge >= 0.3 is 0 Å². The predicted octanol–water partition coefficient (Wildman–Crippen LogP) is 1.94. The molecule has 1 amide bonds. The number of aryl methyl sites for hydroxylation is 2. The van der Waals surface area contributed by atoms with Gasteiger partial charge in [-0.25, -0.2) is 0 Å². The SMILES string of the molecule is CCc1ccc(-n2c(C)nnc2C2C3CN(C=O)CC32)cc1. The molecule has 1 saturated heterocycles. The van der Waals surface area contributed by atoms with E-state index in [2.05, 4.69) is 46.0 Å². The first-order chi connectivity index (χ1) is 10.7. The zero-order valence-corrected chi connectivity index (χ0v) is 12.9. The summed E-state index contributed by atoms with van der Waals surface area (Å²) in [5.41, 5.74) is 2.47. The van der Waals surface area contributed by atoms with E-state index >= 15 is 0 Å². The molecule has 0 N–H and O–H groups in total. The molecule has 1 saturated carbocycles. The molecule has 114 valence electrons. The van der Waals surface area contributed by atoms with Crippen LogP contribution in [0.4, 0.5) is 0 Å². The summed E-state index contributed by atoms with van der Waals surface area (Å²) in [5, 5.41) is 8.73. The Hall–Kier alpha value is -2.17. The number of amides is 1. The van der Waals surface area contributed by atoms with Crippen molar-refractivity contribution in [3.8, 4) is 5.69 Å². The summed E-state index contributed by atoms with van der Waals surface area (Å²) < 4.78 is 2.17.